The molecule has 4 nitrogen and oxygen atoms in total. The summed E-state index contributed by atoms with van der Waals surface area (Å²) in [7, 11) is 0. The van der Waals surface area contributed by atoms with E-state index in [-0.39, 0.29) is 12.0 Å². The SMILES string of the molecule is C/C=C/C=C/C(=O)OCC.CC=CC=C(C(=O)O)C(F)(F)C(F)(F)C(F)(F)C(F)(F)C(F)(F)C(F)(F)C(F)(F)CC(F)(F)F. The van der Waals surface area contributed by atoms with Gasteiger partial charge in [-0.15, -0.1) is 0 Å². The summed E-state index contributed by atoms with van der Waals surface area (Å²) in [5.74, 6) is -59.7. The number of ether oxygens (including phenoxy) is 1. The van der Waals surface area contributed by atoms with E-state index in [0.29, 0.717) is 12.7 Å². The maximum absolute atomic E-state index is 13.8. The highest BCUT2D eigenvalue weighted by atomic mass is 19.4. The topological polar surface area (TPSA) is 63.6 Å². The fourth-order valence-corrected chi connectivity index (χ4v) is 2.49. The molecule has 21 heteroatoms. The van der Waals surface area contributed by atoms with Crippen molar-refractivity contribution in [3.63, 3.8) is 0 Å². The van der Waals surface area contributed by atoms with Gasteiger partial charge in [-0.05, 0) is 26.8 Å². The molecule has 0 rings (SSSR count). The van der Waals surface area contributed by atoms with Gasteiger partial charge in [0.2, 0.25) is 0 Å². The summed E-state index contributed by atoms with van der Waals surface area (Å²) < 4.78 is 230. The van der Waals surface area contributed by atoms with Gasteiger partial charge >= 0.3 is 59.6 Å². The van der Waals surface area contributed by atoms with Crippen LogP contribution in [-0.2, 0) is 14.3 Å². The van der Waals surface area contributed by atoms with Gasteiger partial charge in [0.1, 0.15) is 12.0 Å². The monoisotopic (exact) mass is 684 g/mol. The number of carboxylic acids is 1. The summed E-state index contributed by atoms with van der Waals surface area (Å²) in [5.41, 5.74) is -3.16. The zero-order valence-electron chi connectivity index (χ0n) is 22.1. The number of hydrogen-bond donors (Lipinski definition) is 1. The van der Waals surface area contributed by atoms with E-state index in [1.807, 2.05) is 13.0 Å². The molecule has 1 N–H and O–H groups in total. The lowest BCUT2D eigenvalue weighted by atomic mass is 9.86. The lowest BCUT2D eigenvalue weighted by Gasteiger charge is -2.42. The van der Waals surface area contributed by atoms with Crippen molar-refractivity contribution in [3.8, 4) is 0 Å². The molecule has 0 atom stereocenters. The summed E-state index contributed by atoms with van der Waals surface area (Å²) in [6.45, 7) is 4.98. The Hall–Kier alpha value is -3.29. The Bertz CT molecular complexity index is 1100. The van der Waals surface area contributed by atoms with E-state index in [0.717, 1.165) is 6.92 Å². The Morgan fingerprint density at radius 2 is 1.05 bits per heavy atom. The molecule has 0 spiro atoms. The summed E-state index contributed by atoms with van der Waals surface area (Å²) in [6, 6.07) is 0. The Labute approximate surface area is 236 Å². The van der Waals surface area contributed by atoms with Crippen LogP contribution < -0.4 is 0 Å². The van der Waals surface area contributed by atoms with Crippen molar-refractivity contribution in [2.45, 2.75) is 74.8 Å². The zero-order chi connectivity index (χ0) is 35.8. The van der Waals surface area contributed by atoms with Crippen molar-refractivity contribution in [2.24, 2.45) is 0 Å². The fraction of sp³-hybridized carbons (Fsp3) is 0.565. The Balaban J connectivity index is 0. The number of allylic oxidation sites excluding steroid dienone is 6. The number of rotatable bonds is 13. The predicted molar refractivity (Wildman–Crippen MR) is 116 cm³/mol. The summed E-state index contributed by atoms with van der Waals surface area (Å²) in [5, 5.41) is 8.45. The fourth-order valence-electron chi connectivity index (χ4n) is 2.49. The van der Waals surface area contributed by atoms with Gasteiger partial charge in [0, 0.05) is 6.08 Å². The molecule has 0 aromatic rings. The molecule has 0 bridgehead atoms. The van der Waals surface area contributed by atoms with Crippen LogP contribution >= 0.6 is 0 Å². The number of hydrogen-bond acceptors (Lipinski definition) is 3. The van der Waals surface area contributed by atoms with Crippen LogP contribution in [0.25, 0.3) is 0 Å². The van der Waals surface area contributed by atoms with E-state index < -0.39 is 71.7 Å². The molecule has 0 heterocycles. The van der Waals surface area contributed by atoms with Crippen LogP contribution in [0.5, 0.6) is 0 Å². The van der Waals surface area contributed by atoms with Crippen molar-refractivity contribution in [2.75, 3.05) is 6.61 Å². The molecule has 0 aromatic carbocycles. The quantitative estimate of drug-likeness (QED) is 0.0914. The van der Waals surface area contributed by atoms with Crippen LogP contribution in [0.3, 0.4) is 0 Å². The third-order valence-electron chi connectivity index (χ3n) is 4.70. The first-order valence-corrected chi connectivity index (χ1v) is 11.2. The molecule has 256 valence electrons. The Morgan fingerprint density at radius 3 is 1.41 bits per heavy atom. The predicted octanol–water partition coefficient (Wildman–Crippen LogP) is 8.65. The number of carbonyl (C=O) groups excluding carboxylic acids is 1. The molecule has 0 radical (unpaired) electrons. The van der Waals surface area contributed by atoms with Gasteiger partial charge in [-0.25, -0.2) is 9.59 Å². The average molecular weight is 684 g/mol. The number of alkyl halides is 17. The standard InChI is InChI=1S/C15H9F17O2.C8H12O2/c1-2-3-4-6(7(33)34)10(21,22)12(25,26)14(29,30)15(31,32)13(27,28)11(23,24)8(16,17)5-9(18,19)20;1-3-5-6-7-8(9)10-4-2/h2-4H,5H2,1H3,(H,33,34);3,5-7H,4H2,1-2H3/b;5-3+,7-6+. The molecule has 0 fully saturated rings. The molecule has 0 aliphatic carbocycles. The van der Waals surface area contributed by atoms with Gasteiger partial charge in [0.05, 0.1) is 6.61 Å². The number of carboxylic acid groups (broad SMARTS) is 1. The van der Waals surface area contributed by atoms with E-state index in [2.05, 4.69) is 4.74 Å². The second kappa shape index (κ2) is 14.7. The smallest absolute Gasteiger partial charge is 0.395 e. The van der Waals surface area contributed by atoms with Crippen molar-refractivity contribution >= 4 is 11.9 Å². The van der Waals surface area contributed by atoms with Crippen LogP contribution in [0.4, 0.5) is 74.6 Å². The van der Waals surface area contributed by atoms with Crippen LogP contribution in [0, 0.1) is 0 Å². The van der Waals surface area contributed by atoms with Crippen LogP contribution in [-0.4, -0.2) is 71.3 Å². The van der Waals surface area contributed by atoms with E-state index in [1.165, 1.54) is 6.08 Å². The maximum Gasteiger partial charge on any atom is 0.395 e. The molecular weight excluding hydrogens is 663 g/mol. The minimum absolute atomic E-state index is 0.129. The van der Waals surface area contributed by atoms with Gasteiger partial charge in [-0.3, -0.25) is 0 Å². The normalized spacial score (nSPS) is 15.1. The number of aliphatic carboxylic acids is 1. The first-order chi connectivity index (χ1) is 19.4. The summed E-state index contributed by atoms with van der Waals surface area (Å²) >= 11 is 0. The van der Waals surface area contributed by atoms with Gasteiger partial charge in [0.25, 0.3) is 0 Å². The van der Waals surface area contributed by atoms with E-state index in [9.17, 15) is 84.2 Å². The van der Waals surface area contributed by atoms with Gasteiger partial charge in [0.15, 0.2) is 0 Å². The highest BCUT2D eigenvalue weighted by Gasteiger charge is 2.93. The van der Waals surface area contributed by atoms with Gasteiger partial charge < -0.3 is 9.84 Å². The molecule has 0 unspecified atom stereocenters. The highest BCUT2D eigenvalue weighted by Crippen LogP contribution is 2.63. The summed E-state index contributed by atoms with van der Waals surface area (Å²) in [6.07, 6.45) is -4.09. The molecular formula is C23H21F17O4. The van der Waals surface area contributed by atoms with Gasteiger partial charge in [-0.1, -0.05) is 30.4 Å². The number of esters is 1. The third kappa shape index (κ3) is 8.89. The average Bonchev–Trinajstić information content (AvgIpc) is 2.82. The van der Waals surface area contributed by atoms with Crippen molar-refractivity contribution in [1.82, 2.24) is 0 Å². The lowest BCUT2D eigenvalue weighted by Crippen LogP contribution is -2.73. The Morgan fingerprint density at radius 1 is 0.636 bits per heavy atom. The van der Waals surface area contributed by atoms with Crippen molar-refractivity contribution in [3.05, 3.63) is 48.1 Å². The molecule has 0 aromatic heterocycles. The van der Waals surface area contributed by atoms with Crippen molar-refractivity contribution in [1.29, 1.82) is 0 Å². The van der Waals surface area contributed by atoms with Crippen LogP contribution in [0.2, 0.25) is 0 Å². The van der Waals surface area contributed by atoms with E-state index >= 15 is 0 Å². The molecule has 0 aliphatic heterocycles. The maximum atomic E-state index is 13.8. The minimum Gasteiger partial charge on any atom is -0.478 e. The molecule has 0 amide bonds. The van der Waals surface area contributed by atoms with Crippen molar-refractivity contribution < 1.29 is 94.1 Å². The summed E-state index contributed by atoms with van der Waals surface area (Å²) in [4.78, 5) is 21.2. The van der Waals surface area contributed by atoms with Crippen LogP contribution in [0.15, 0.2) is 48.1 Å². The first kappa shape index (κ1) is 42.8. The lowest BCUT2D eigenvalue weighted by molar-refractivity contribution is -0.441. The highest BCUT2D eigenvalue weighted by molar-refractivity contribution is 5.89. The zero-order valence-corrected chi connectivity index (χ0v) is 22.1. The molecule has 0 aliphatic rings. The molecule has 44 heavy (non-hydrogen) atoms. The molecule has 0 saturated heterocycles. The largest absolute Gasteiger partial charge is 0.478 e. The second-order valence-corrected chi connectivity index (χ2v) is 7.99. The number of halogens is 17. The van der Waals surface area contributed by atoms with Gasteiger partial charge in [-0.2, -0.15) is 74.6 Å². The van der Waals surface area contributed by atoms with E-state index in [4.69, 9.17) is 5.11 Å². The number of carbonyl (C=O) groups is 2. The minimum atomic E-state index is -8.62. The molecule has 0 saturated carbocycles. The Kier molecular flexibility index (Phi) is 14.3. The third-order valence-corrected chi connectivity index (χ3v) is 4.70. The van der Waals surface area contributed by atoms with E-state index in [1.54, 1.807) is 19.1 Å². The first-order valence-electron chi connectivity index (χ1n) is 11.2. The second-order valence-electron chi connectivity index (χ2n) is 7.99. The van der Waals surface area contributed by atoms with Crippen LogP contribution in [0.1, 0.15) is 27.2 Å².